The molecule has 0 spiro atoms. The molecule has 0 aliphatic carbocycles. The van der Waals surface area contributed by atoms with Crippen molar-refractivity contribution in [3.8, 4) is 11.1 Å². The number of halogens is 2. The lowest BCUT2D eigenvalue weighted by Crippen LogP contribution is -2.16. The van der Waals surface area contributed by atoms with Crippen LogP contribution < -0.4 is 5.56 Å². The maximum Gasteiger partial charge on any atom is 0.251 e. The lowest BCUT2D eigenvalue weighted by atomic mass is 9.96. The van der Waals surface area contributed by atoms with E-state index >= 15 is 0 Å². The molecule has 1 unspecified atom stereocenters. The van der Waals surface area contributed by atoms with Crippen molar-refractivity contribution < 1.29 is 4.21 Å². The van der Waals surface area contributed by atoms with E-state index in [1.807, 2.05) is 79.7 Å². The highest BCUT2D eigenvalue weighted by atomic mass is 35.5. The number of aromatic nitrogens is 1. The maximum absolute atomic E-state index is 13.3. The third kappa shape index (κ3) is 5.30. The molecule has 0 bridgehead atoms. The second kappa shape index (κ2) is 10.5. The van der Waals surface area contributed by atoms with E-state index in [1.165, 1.54) is 0 Å². The zero-order chi connectivity index (χ0) is 26.1. The number of fused-ring (bicyclic) bond motifs is 1. The quantitative estimate of drug-likeness (QED) is 0.217. The summed E-state index contributed by atoms with van der Waals surface area (Å²) in [4.78, 5) is 13.4. The van der Waals surface area contributed by atoms with Crippen LogP contribution in [0.4, 0.5) is 0 Å². The molecule has 4 nitrogen and oxygen atoms in total. The van der Waals surface area contributed by atoms with Crippen LogP contribution in [0.5, 0.6) is 0 Å². The highest BCUT2D eigenvalue weighted by Crippen LogP contribution is 2.30. The van der Waals surface area contributed by atoms with Gasteiger partial charge < -0.3 is 4.57 Å². The van der Waals surface area contributed by atoms with Crippen molar-refractivity contribution in [1.29, 1.82) is 0 Å². The molecule has 1 heterocycles. The van der Waals surface area contributed by atoms with Crippen LogP contribution in [0, 0.1) is 6.92 Å². The fourth-order valence-corrected chi connectivity index (χ4v) is 5.34. The molecule has 0 radical (unpaired) electrons. The molecular formula is C30H22Cl2N2O2S. The average Bonchev–Trinajstić information content (AvgIpc) is 2.90. The van der Waals surface area contributed by atoms with Gasteiger partial charge in [0.25, 0.3) is 5.56 Å². The first-order valence-electron chi connectivity index (χ1n) is 11.5. The Morgan fingerprint density at radius 2 is 1.51 bits per heavy atom. The van der Waals surface area contributed by atoms with Gasteiger partial charge in [-0.15, -0.1) is 0 Å². The summed E-state index contributed by atoms with van der Waals surface area (Å²) in [6.07, 6.45) is 0. The van der Waals surface area contributed by atoms with Crippen molar-refractivity contribution in [2.75, 3.05) is 0 Å². The summed E-state index contributed by atoms with van der Waals surface area (Å²) in [5, 5.41) is 2.03. The van der Waals surface area contributed by atoms with Gasteiger partial charge in [-0.1, -0.05) is 71.2 Å². The van der Waals surface area contributed by atoms with Crippen molar-refractivity contribution in [3.05, 3.63) is 134 Å². The van der Waals surface area contributed by atoms with Gasteiger partial charge in [0.05, 0.1) is 16.1 Å². The second-order valence-electron chi connectivity index (χ2n) is 8.71. The number of benzene rings is 4. The van der Waals surface area contributed by atoms with Crippen LogP contribution in [-0.4, -0.2) is 14.5 Å². The molecule has 0 fully saturated rings. The van der Waals surface area contributed by atoms with Crippen molar-refractivity contribution >= 4 is 50.8 Å². The first-order valence-corrected chi connectivity index (χ1v) is 13.4. The van der Waals surface area contributed by atoms with Crippen LogP contribution in [0.2, 0.25) is 10.0 Å². The van der Waals surface area contributed by atoms with Gasteiger partial charge in [0.15, 0.2) is 11.0 Å². The molecule has 0 amide bonds. The van der Waals surface area contributed by atoms with Crippen molar-refractivity contribution in [2.24, 2.45) is 11.4 Å². The summed E-state index contributed by atoms with van der Waals surface area (Å²) in [7, 11) is 0.111. The molecule has 7 heteroatoms. The van der Waals surface area contributed by atoms with E-state index in [4.69, 9.17) is 23.2 Å². The Balaban J connectivity index is 1.74. The van der Waals surface area contributed by atoms with Crippen molar-refractivity contribution in [2.45, 2.75) is 11.8 Å². The van der Waals surface area contributed by atoms with Gasteiger partial charge in [-0.05, 0) is 66.6 Å². The van der Waals surface area contributed by atoms with Gasteiger partial charge in [0, 0.05) is 39.7 Å². The van der Waals surface area contributed by atoms with Crippen LogP contribution in [-0.2, 0) is 18.0 Å². The van der Waals surface area contributed by atoms with Gasteiger partial charge in [-0.25, -0.2) is 4.21 Å². The Morgan fingerprint density at radius 1 is 0.811 bits per heavy atom. The van der Waals surface area contributed by atoms with Gasteiger partial charge in [-0.2, -0.15) is 4.40 Å². The van der Waals surface area contributed by atoms with E-state index in [0.29, 0.717) is 20.7 Å². The second-order valence-corrected chi connectivity index (χ2v) is 10.7. The summed E-state index contributed by atoms with van der Waals surface area (Å²) in [6, 6.07) is 29.5. The Hall–Kier alpha value is -3.51. The molecule has 1 atom stereocenters. The molecule has 1 aromatic heterocycles. The van der Waals surface area contributed by atoms with E-state index in [0.717, 1.165) is 38.7 Å². The monoisotopic (exact) mass is 544 g/mol. The summed E-state index contributed by atoms with van der Waals surface area (Å²) < 4.78 is 19.6. The Morgan fingerprint density at radius 3 is 2.22 bits per heavy atom. The van der Waals surface area contributed by atoms with Crippen molar-refractivity contribution in [3.63, 3.8) is 0 Å². The maximum atomic E-state index is 13.3. The molecular weight excluding hydrogens is 523 g/mol. The standard InChI is InChI=1S/C30H22Cl2N2O2S/c1-19-6-13-25(14-7-19)37(36)33-30(20-8-11-23(31)12-9-20)22-10-15-28-27(17-22)26(18-29(35)34(28)2)21-4-3-5-24(32)16-21/h3-18H,1-2H3/b33-30+. The van der Waals surface area contributed by atoms with Gasteiger partial charge in [-0.3, -0.25) is 4.79 Å². The van der Waals surface area contributed by atoms with E-state index in [9.17, 15) is 9.00 Å². The summed E-state index contributed by atoms with van der Waals surface area (Å²) in [5.41, 5.74) is 5.41. The molecule has 5 rings (SSSR count). The van der Waals surface area contributed by atoms with Gasteiger partial charge in [0.2, 0.25) is 0 Å². The summed E-state index contributed by atoms with van der Waals surface area (Å²) in [6.45, 7) is 1.98. The SMILES string of the molecule is Cc1ccc(S(=O)/N=C(\c2ccc(Cl)cc2)c2ccc3c(c2)c(-c2cccc(Cl)c2)cc(=O)n3C)cc1. The fourth-order valence-electron chi connectivity index (χ4n) is 4.17. The predicted octanol–water partition coefficient (Wildman–Crippen LogP) is 7.38. The minimum absolute atomic E-state index is 0.123. The summed E-state index contributed by atoms with van der Waals surface area (Å²) in [5.74, 6) is 0. The van der Waals surface area contributed by atoms with Gasteiger partial charge in [0.1, 0.15) is 0 Å². The van der Waals surface area contributed by atoms with Crippen LogP contribution >= 0.6 is 23.2 Å². The van der Waals surface area contributed by atoms with Crippen molar-refractivity contribution in [1.82, 2.24) is 4.57 Å². The smallest absolute Gasteiger partial charge is 0.251 e. The van der Waals surface area contributed by atoms with Crippen LogP contribution in [0.15, 0.2) is 111 Å². The lowest BCUT2D eigenvalue weighted by molar-refractivity contribution is 0.684. The highest BCUT2D eigenvalue weighted by molar-refractivity contribution is 7.84. The zero-order valence-corrected chi connectivity index (χ0v) is 22.4. The number of nitrogens with zero attached hydrogens (tertiary/aromatic N) is 2. The van der Waals surface area contributed by atoms with E-state index in [1.54, 1.807) is 35.9 Å². The number of aryl methyl sites for hydroxylation is 2. The van der Waals surface area contributed by atoms with Gasteiger partial charge >= 0.3 is 0 Å². The number of hydrogen-bond acceptors (Lipinski definition) is 2. The lowest BCUT2D eigenvalue weighted by Gasteiger charge is -2.14. The molecule has 0 saturated carbocycles. The third-order valence-corrected chi connectivity index (χ3v) is 7.68. The fraction of sp³-hybridized carbons (Fsp3) is 0.0667. The number of hydrogen-bond donors (Lipinski definition) is 0. The Bertz CT molecular complexity index is 1740. The molecule has 37 heavy (non-hydrogen) atoms. The average molecular weight is 545 g/mol. The normalized spacial score (nSPS) is 12.6. The molecule has 5 aromatic rings. The minimum atomic E-state index is -1.63. The molecule has 4 aromatic carbocycles. The van der Waals surface area contributed by atoms with E-state index < -0.39 is 11.0 Å². The molecule has 0 saturated heterocycles. The molecule has 184 valence electrons. The van der Waals surface area contributed by atoms with E-state index in [-0.39, 0.29) is 5.56 Å². The molecule has 0 N–H and O–H groups in total. The number of pyridine rings is 1. The zero-order valence-electron chi connectivity index (χ0n) is 20.1. The molecule has 0 aliphatic heterocycles. The highest BCUT2D eigenvalue weighted by Gasteiger charge is 2.15. The first kappa shape index (κ1) is 25.2. The minimum Gasteiger partial charge on any atom is -0.311 e. The Kier molecular flexibility index (Phi) is 7.11. The molecule has 0 aliphatic rings. The van der Waals surface area contributed by atoms with Crippen LogP contribution in [0.25, 0.3) is 22.0 Å². The van der Waals surface area contributed by atoms with Crippen LogP contribution in [0.3, 0.4) is 0 Å². The van der Waals surface area contributed by atoms with Crippen LogP contribution in [0.1, 0.15) is 16.7 Å². The predicted molar refractivity (Wildman–Crippen MR) is 154 cm³/mol. The first-order chi connectivity index (χ1) is 17.8. The topological polar surface area (TPSA) is 51.4 Å². The Labute approximate surface area is 227 Å². The van der Waals surface area contributed by atoms with E-state index in [2.05, 4.69) is 4.40 Å². The largest absolute Gasteiger partial charge is 0.311 e. The number of rotatable bonds is 5. The third-order valence-electron chi connectivity index (χ3n) is 6.17. The summed E-state index contributed by atoms with van der Waals surface area (Å²) >= 11 is 12.4.